The summed E-state index contributed by atoms with van der Waals surface area (Å²) < 4.78 is 0. The van der Waals surface area contributed by atoms with Gasteiger partial charge in [-0.1, -0.05) is 24.3 Å². The van der Waals surface area contributed by atoms with Gasteiger partial charge in [0.2, 0.25) is 5.91 Å². The lowest BCUT2D eigenvalue weighted by Crippen LogP contribution is -2.29. The summed E-state index contributed by atoms with van der Waals surface area (Å²) in [5.41, 5.74) is 2.43. The van der Waals surface area contributed by atoms with Crippen molar-refractivity contribution < 1.29 is 4.79 Å². The maximum Gasteiger partial charge on any atom is 0.220 e. The molecule has 1 aliphatic rings. The Bertz CT molecular complexity index is 416. The molecule has 2 atom stereocenters. The summed E-state index contributed by atoms with van der Waals surface area (Å²) in [5.74, 6) is 0.675. The Hall–Kier alpha value is -1.06. The molecule has 1 saturated heterocycles. The molecule has 0 aliphatic carbocycles. The van der Waals surface area contributed by atoms with Crippen LogP contribution in [0.15, 0.2) is 24.3 Å². The van der Waals surface area contributed by atoms with Crippen molar-refractivity contribution in [2.24, 2.45) is 5.92 Å². The monoisotopic (exact) mass is 282 g/mol. The minimum Gasteiger partial charge on any atom is -0.350 e. The molecule has 1 fully saturated rings. The molecule has 3 nitrogen and oxygen atoms in total. The maximum absolute atomic E-state index is 12.0. The van der Waals surface area contributed by atoms with E-state index in [0.717, 1.165) is 19.5 Å². The topological polar surface area (TPSA) is 41.1 Å². The molecule has 0 aromatic heterocycles. The molecule has 1 heterocycles. The van der Waals surface area contributed by atoms with Crippen molar-refractivity contribution in [1.82, 2.24) is 10.6 Å². The second kappa shape index (κ2) is 7.51. The van der Waals surface area contributed by atoms with Gasteiger partial charge in [0.05, 0.1) is 6.04 Å². The molecular formula is C15H23ClN2O. The van der Waals surface area contributed by atoms with Crippen molar-refractivity contribution in [3.05, 3.63) is 35.4 Å². The lowest BCUT2D eigenvalue weighted by atomic mass is 10.0. The number of hydrogen-bond acceptors (Lipinski definition) is 2. The molecule has 0 saturated carbocycles. The fourth-order valence-electron chi connectivity index (χ4n) is 2.60. The molecule has 1 aromatic rings. The summed E-state index contributed by atoms with van der Waals surface area (Å²) in [5, 5.41) is 6.39. The second-order valence-corrected chi connectivity index (χ2v) is 5.21. The zero-order valence-corrected chi connectivity index (χ0v) is 12.4. The highest BCUT2D eigenvalue weighted by atomic mass is 35.5. The molecule has 106 valence electrons. The quantitative estimate of drug-likeness (QED) is 0.891. The van der Waals surface area contributed by atoms with E-state index < -0.39 is 0 Å². The van der Waals surface area contributed by atoms with Crippen LogP contribution in [0.4, 0.5) is 0 Å². The van der Waals surface area contributed by atoms with Crippen LogP contribution in [0, 0.1) is 12.8 Å². The van der Waals surface area contributed by atoms with E-state index in [-0.39, 0.29) is 24.4 Å². The van der Waals surface area contributed by atoms with Crippen molar-refractivity contribution >= 4 is 18.3 Å². The molecule has 1 amide bonds. The Balaban J connectivity index is 0.00000180. The summed E-state index contributed by atoms with van der Waals surface area (Å²) in [7, 11) is 0. The van der Waals surface area contributed by atoms with Gasteiger partial charge in [0.1, 0.15) is 0 Å². The third-order valence-corrected chi connectivity index (χ3v) is 3.67. The summed E-state index contributed by atoms with van der Waals surface area (Å²) in [4.78, 5) is 12.0. The first-order valence-corrected chi connectivity index (χ1v) is 6.72. The Kier molecular flexibility index (Phi) is 6.32. The van der Waals surface area contributed by atoms with Crippen LogP contribution in [0.3, 0.4) is 0 Å². The first kappa shape index (κ1) is 16.0. The van der Waals surface area contributed by atoms with E-state index in [2.05, 4.69) is 29.7 Å². The SMILES string of the molecule is Cc1ccccc1C(C)NC(=O)CC1CCNC1.Cl. The lowest BCUT2D eigenvalue weighted by Gasteiger charge is -2.17. The van der Waals surface area contributed by atoms with Crippen molar-refractivity contribution in [3.8, 4) is 0 Å². The number of carbonyl (C=O) groups excluding carboxylic acids is 1. The van der Waals surface area contributed by atoms with Crippen LogP contribution in [-0.4, -0.2) is 19.0 Å². The summed E-state index contributed by atoms with van der Waals surface area (Å²) in [6.45, 7) is 6.16. The van der Waals surface area contributed by atoms with E-state index in [9.17, 15) is 4.79 Å². The van der Waals surface area contributed by atoms with Crippen LogP contribution in [0.25, 0.3) is 0 Å². The van der Waals surface area contributed by atoms with Crippen LogP contribution in [0.1, 0.15) is 36.9 Å². The number of benzene rings is 1. The first-order valence-electron chi connectivity index (χ1n) is 6.72. The number of carbonyl (C=O) groups is 1. The van der Waals surface area contributed by atoms with Crippen LogP contribution >= 0.6 is 12.4 Å². The molecule has 0 bridgehead atoms. The van der Waals surface area contributed by atoms with Gasteiger partial charge in [-0.05, 0) is 50.4 Å². The molecule has 2 N–H and O–H groups in total. The van der Waals surface area contributed by atoms with Crippen LogP contribution in [0.5, 0.6) is 0 Å². The van der Waals surface area contributed by atoms with Crippen molar-refractivity contribution in [3.63, 3.8) is 0 Å². The number of nitrogens with one attached hydrogen (secondary N) is 2. The largest absolute Gasteiger partial charge is 0.350 e. The highest BCUT2D eigenvalue weighted by molar-refractivity contribution is 5.85. The van der Waals surface area contributed by atoms with Crippen LogP contribution in [-0.2, 0) is 4.79 Å². The van der Waals surface area contributed by atoms with Gasteiger partial charge in [0, 0.05) is 6.42 Å². The highest BCUT2D eigenvalue weighted by Crippen LogP contribution is 2.18. The molecule has 0 radical (unpaired) electrons. The third kappa shape index (κ3) is 4.51. The standard InChI is InChI=1S/C15H22N2O.ClH/c1-11-5-3-4-6-14(11)12(2)17-15(18)9-13-7-8-16-10-13;/h3-6,12-13,16H,7-10H2,1-2H3,(H,17,18);1H. The lowest BCUT2D eigenvalue weighted by molar-refractivity contribution is -0.122. The van der Waals surface area contributed by atoms with E-state index in [1.165, 1.54) is 11.1 Å². The zero-order chi connectivity index (χ0) is 13.0. The number of halogens is 1. The molecule has 1 aliphatic heterocycles. The number of hydrogen-bond donors (Lipinski definition) is 2. The Morgan fingerprint density at radius 2 is 2.21 bits per heavy atom. The van der Waals surface area contributed by atoms with Gasteiger partial charge in [-0.25, -0.2) is 0 Å². The average molecular weight is 283 g/mol. The first-order chi connectivity index (χ1) is 8.66. The molecule has 19 heavy (non-hydrogen) atoms. The van der Waals surface area contributed by atoms with Crippen molar-refractivity contribution in [1.29, 1.82) is 0 Å². The molecule has 2 rings (SSSR count). The van der Waals surface area contributed by atoms with E-state index in [4.69, 9.17) is 0 Å². The minimum atomic E-state index is 0. The predicted octanol–water partition coefficient (Wildman–Crippen LogP) is 2.59. The Morgan fingerprint density at radius 1 is 1.47 bits per heavy atom. The zero-order valence-electron chi connectivity index (χ0n) is 11.6. The van der Waals surface area contributed by atoms with Gasteiger partial charge in [-0.3, -0.25) is 4.79 Å². The van der Waals surface area contributed by atoms with Gasteiger partial charge < -0.3 is 10.6 Å². The van der Waals surface area contributed by atoms with Gasteiger partial charge in [0.15, 0.2) is 0 Å². The van der Waals surface area contributed by atoms with Gasteiger partial charge >= 0.3 is 0 Å². The van der Waals surface area contributed by atoms with Gasteiger partial charge in [0.25, 0.3) is 0 Å². The molecule has 0 spiro atoms. The predicted molar refractivity (Wildman–Crippen MR) is 80.6 cm³/mol. The van der Waals surface area contributed by atoms with E-state index in [1.807, 2.05) is 19.1 Å². The molecule has 4 heteroatoms. The van der Waals surface area contributed by atoms with E-state index in [0.29, 0.717) is 12.3 Å². The van der Waals surface area contributed by atoms with Gasteiger partial charge in [-0.2, -0.15) is 0 Å². The number of rotatable bonds is 4. The van der Waals surface area contributed by atoms with E-state index >= 15 is 0 Å². The smallest absolute Gasteiger partial charge is 0.220 e. The third-order valence-electron chi connectivity index (χ3n) is 3.67. The summed E-state index contributed by atoms with van der Waals surface area (Å²) >= 11 is 0. The Morgan fingerprint density at radius 3 is 2.84 bits per heavy atom. The highest BCUT2D eigenvalue weighted by Gasteiger charge is 2.19. The van der Waals surface area contributed by atoms with Gasteiger partial charge in [-0.15, -0.1) is 12.4 Å². The summed E-state index contributed by atoms with van der Waals surface area (Å²) in [6.07, 6.45) is 1.76. The van der Waals surface area contributed by atoms with Crippen LogP contribution < -0.4 is 10.6 Å². The normalized spacial score (nSPS) is 19.6. The maximum atomic E-state index is 12.0. The number of amides is 1. The Labute approximate surface area is 121 Å². The molecule has 1 aromatic carbocycles. The fraction of sp³-hybridized carbons (Fsp3) is 0.533. The van der Waals surface area contributed by atoms with E-state index in [1.54, 1.807) is 0 Å². The number of aryl methyl sites for hydroxylation is 1. The molecular weight excluding hydrogens is 260 g/mol. The summed E-state index contributed by atoms with van der Waals surface area (Å²) in [6, 6.07) is 8.30. The second-order valence-electron chi connectivity index (χ2n) is 5.21. The fourth-order valence-corrected chi connectivity index (χ4v) is 2.60. The van der Waals surface area contributed by atoms with Crippen molar-refractivity contribution in [2.75, 3.05) is 13.1 Å². The minimum absolute atomic E-state index is 0. The van der Waals surface area contributed by atoms with Crippen LogP contribution in [0.2, 0.25) is 0 Å². The average Bonchev–Trinajstić information content (AvgIpc) is 2.82. The molecule has 2 unspecified atom stereocenters. The van der Waals surface area contributed by atoms with Crippen molar-refractivity contribution in [2.45, 2.75) is 32.7 Å².